The minimum Gasteiger partial charge on any atom is -0.316 e. The predicted molar refractivity (Wildman–Crippen MR) is 83.4 cm³/mol. The maximum atomic E-state index is 4.22. The van der Waals surface area contributed by atoms with E-state index in [1.54, 1.807) is 0 Å². The molecule has 0 saturated carbocycles. The van der Waals surface area contributed by atoms with Crippen LogP contribution in [0, 0.1) is 6.92 Å². The van der Waals surface area contributed by atoms with Crippen LogP contribution in [0.3, 0.4) is 0 Å². The van der Waals surface area contributed by atoms with Gasteiger partial charge >= 0.3 is 0 Å². The van der Waals surface area contributed by atoms with E-state index in [1.165, 1.54) is 16.7 Å². The Bertz CT molecular complexity index is 492. The zero-order valence-corrected chi connectivity index (χ0v) is 12.9. The molecule has 2 aromatic rings. The van der Waals surface area contributed by atoms with Crippen LogP contribution in [0.5, 0.6) is 0 Å². The van der Waals surface area contributed by atoms with Crippen LogP contribution in [0.4, 0.5) is 0 Å². The summed E-state index contributed by atoms with van der Waals surface area (Å²) in [6, 6.07) is 11.3. The van der Waals surface area contributed by atoms with Gasteiger partial charge in [-0.05, 0) is 59.9 Å². The highest BCUT2D eigenvalue weighted by atomic mass is 79.9. The van der Waals surface area contributed by atoms with Gasteiger partial charge < -0.3 is 5.32 Å². The zero-order valence-electron chi connectivity index (χ0n) is 11.4. The number of likely N-dealkylation sites (N-methyl/N-ethyl adjacent to an activating group) is 1. The highest BCUT2D eigenvalue weighted by Crippen LogP contribution is 2.14. The summed E-state index contributed by atoms with van der Waals surface area (Å²) < 4.78 is 1.04. The van der Waals surface area contributed by atoms with Gasteiger partial charge in [-0.25, -0.2) is 0 Å². The maximum absolute atomic E-state index is 4.22. The van der Waals surface area contributed by atoms with Gasteiger partial charge in [0.2, 0.25) is 0 Å². The van der Waals surface area contributed by atoms with Crippen LogP contribution in [-0.2, 0) is 12.8 Å². The number of benzene rings is 1. The SMILES string of the molecule is CNC(Cc1cccc(C)c1)Cc1cncc(Br)c1. The van der Waals surface area contributed by atoms with E-state index in [4.69, 9.17) is 0 Å². The molecule has 100 valence electrons. The third kappa shape index (κ3) is 4.44. The van der Waals surface area contributed by atoms with Crippen molar-refractivity contribution in [3.8, 4) is 0 Å². The van der Waals surface area contributed by atoms with E-state index in [0.29, 0.717) is 6.04 Å². The lowest BCUT2D eigenvalue weighted by Gasteiger charge is -2.16. The fraction of sp³-hybridized carbons (Fsp3) is 0.312. The first kappa shape index (κ1) is 14.2. The zero-order chi connectivity index (χ0) is 13.7. The molecule has 19 heavy (non-hydrogen) atoms. The molecule has 0 amide bonds. The van der Waals surface area contributed by atoms with Crippen molar-refractivity contribution in [3.63, 3.8) is 0 Å². The second-order valence-corrected chi connectivity index (χ2v) is 5.81. The summed E-state index contributed by atoms with van der Waals surface area (Å²) in [7, 11) is 2.02. The fourth-order valence-corrected chi connectivity index (χ4v) is 2.66. The molecular weight excluding hydrogens is 300 g/mol. The summed E-state index contributed by atoms with van der Waals surface area (Å²) in [6.45, 7) is 2.14. The van der Waals surface area contributed by atoms with Crippen LogP contribution >= 0.6 is 15.9 Å². The third-order valence-electron chi connectivity index (χ3n) is 3.22. The van der Waals surface area contributed by atoms with Gasteiger partial charge in [0.15, 0.2) is 0 Å². The van der Waals surface area contributed by atoms with E-state index < -0.39 is 0 Å². The van der Waals surface area contributed by atoms with Crippen LogP contribution in [0.1, 0.15) is 16.7 Å². The van der Waals surface area contributed by atoms with E-state index in [-0.39, 0.29) is 0 Å². The number of hydrogen-bond donors (Lipinski definition) is 1. The number of hydrogen-bond acceptors (Lipinski definition) is 2. The Balaban J connectivity index is 2.04. The molecule has 1 aromatic heterocycles. The molecule has 1 atom stereocenters. The molecule has 2 nitrogen and oxygen atoms in total. The number of nitrogens with one attached hydrogen (secondary N) is 1. The molecular formula is C16H19BrN2. The number of aryl methyl sites for hydroxylation is 1. The van der Waals surface area contributed by atoms with Gasteiger partial charge in [-0.1, -0.05) is 29.8 Å². The normalized spacial score (nSPS) is 12.4. The summed E-state index contributed by atoms with van der Waals surface area (Å²) in [4.78, 5) is 4.22. The molecule has 2 rings (SSSR count). The third-order valence-corrected chi connectivity index (χ3v) is 3.65. The van der Waals surface area contributed by atoms with Gasteiger partial charge in [-0.15, -0.1) is 0 Å². The highest BCUT2D eigenvalue weighted by molar-refractivity contribution is 9.10. The Kier molecular flexibility index (Phi) is 5.11. The van der Waals surface area contributed by atoms with Crippen molar-refractivity contribution in [1.29, 1.82) is 0 Å². The van der Waals surface area contributed by atoms with Crippen molar-refractivity contribution in [2.75, 3.05) is 7.05 Å². The number of halogens is 1. The van der Waals surface area contributed by atoms with Gasteiger partial charge in [0.25, 0.3) is 0 Å². The summed E-state index contributed by atoms with van der Waals surface area (Å²) in [5.41, 5.74) is 3.94. The van der Waals surface area contributed by atoms with Crippen molar-refractivity contribution in [2.24, 2.45) is 0 Å². The lowest BCUT2D eigenvalue weighted by molar-refractivity contribution is 0.555. The number of rotatable bonds is 5. The number of pyridine rings is 1. The quantitative estimate of drug-likeness (QED) is 0.912. The summed E-state index contributed by atoms with van der Waals surface area (Å²) >= 11 is 3.47. The molecule has 1 heterocycles. The fourth-order valence-electron chi connectivity index (χ4n) is 2.25. The molecule has 0 spiro atoms. The molecule has 1 aromatic carbocycles. The minimum absolute atomic E-state index is 0.429. The molecule has 0 aliphatic heterocycles. The Morgan fingerprint density at radius 1 is 1.16 bits per heavy atom. The van der Waals surface area contributed by atoms with Crippen LogP contribution in [0.25, 0.3) is 0 Å². The molecule has 0 aliphatic carbocycles. The van der Waals surface area contributed by atoms with Crippen molar-refractivity contribution < 1.29 is 0 Å². The standard InChI is InChI=1S/C16H19BrN2/c1-12-4-3-5-13(6-12)8-16(18-2)9-14-7-15(17)11-19-10-14/h3-7,10-11,16,18H,8-9H2,1-2H3. The van der Waals surface area contributed by atoms with Gasteiger partial charge in [-0.3, -0.25) is 4.98 Å². The molecule has 0 saturated heterocycles. The van der Waals surface area contributed by atoms with Gasteiger partial charge in [0, 0.05) is 22.9 Å². The van der Waals surface area contributed by atoms with Gasteiger partial charge in [0.05, 0.1) is 0 Å². The molecule has 0 aliphatic rings. The molecule has 0 bridgehead atoms. The molecule has 0 radical (unpaired) electrons. The Hall–Kier alpha value is -1.19. The average molecular weight is 319 g/mol. The largest absolute Gasteiger partial charge is 0.316 e. The maximum Gasteiger partial charge on any atom is 0.0410 e. The number of aromatic nitrogens is 1. The van der Waals surface area contributed by atoms with Gasteiger partial charge in [0.1, 0.15) is 0 Å². The summed E-state index contributed by atoms with van der Waals surface area (Å²) in [5, 5.41) is 3.39. The molecule has 3 heteroatoms. The average Bonchev–Trinajstić information content (AvgIpc) is 2.38. The second kappa shape index (κ2) is 6.83. The van der Waals surface area contributed by atoms with Crippen molar-refractivity contribution in [2.45, 2.75) is 25.8 Å². The molecule has 1 N–H and O–H groups in total. The van der Waals surface area contributed by atoms with Crippen molar-refractivity contribution >= 4 is 15.9 Å². The topological polar surface area (TPSA) is 24.9 Å². The molecule has 0 fully saturated rings. The van der Waals surface area contributed by atoms with Crippen LogP contribution in [0.2, 0.25) is 0 Å². The van der Waals surface area contributed by atoms with Crippen LogP contribution < -0.4 is 5.32 Å². The minimum atomic E-state index is 0.429. The first-order valence-corrected chi connectivity index (χ1v) is 7.29. The first-order chi connectivity index (χ1) is 9.17. The Morgan fingerprint density at radius 2 is 1.95 bits per heavy atom. The van der Waals surface area contributed by atoms with Gasteiger partial charge in [-0.2, -0.15) is 0 Å². The lowest BCUT2D eigenvalue weighted by atomic mass is 9.99. The van der Waals surface area contributed by atoms with Crippen molar-refractivity contribution in [3.05, 3.63) is 63.9 Å². The van der Waals surface area contributed by atoms with E-state index in [2.05, 4.69) is 63.5 Å². The monoisotopic (exact) mass is 318 g/mol. The highest BCUT2D eigenvalue weighted by Gasteiger charge is 2.09. The predicted octanol–water partition coefficient (Wildman–Crippen LogP) is 3.53. The summed E-state index contributed by atoms with van der Waals surface area (Å²) in [5.74, 6) is 0. The smallest absolute Gasteiger partial charge is 0.0410 e. The van der Waals surface area contributed by atoms with Crippen LogP contribution in [0.15, 0.2) is 47.2 Å². The van der Waals surface area contributed by atoms with E-state index in [0.717, 1.165) is 17.3 Å². The van der Waals surface area contributed by atoms with E-state index in [9.17, 15) is 0 Å². The Morgan fingerprint density at radius 3 is 2.63 bits per heavy atom. The lowest BCUT2D eigenvalue weighted by Crippen LogP contribution is -2.30. The van der Waals surface area contributed by atoms with E-state index in [1.807, 2.05) is 19.4 Å². The van der Waals surface area contributed by atoms with Crippen LogP contribution in [-0.4, -0.2) is 18.1 Å². The van der Waals surface area contributed by atoms with E-state index >= 15 is 0 Å². The first-order valence-electron chi connectivity index (χ1n) is 6.49. The second-order valence-electron chi connectivity index (χ2n) is 4.89. The van der Waals surface area contributed by atoms with Crippen molar-refractivity contribution in [1.82, 2.24) is 10.3 Å². The number of nitrogens with zero attached hydrogens (tertiary/aromatic N) is 1. The molecule has 1 unspecified atom stereocenters. The summed E-state index contributed by atoms with van der Waals surface area (Å²) in [6.07, 6.45) is 5.77. The Labute approximate surface area is 123 Å².